The summed E-state index contributed by atoms with van der Waals surface area (Å²) in [7, 11) is 0. The van der Waals surface area contributed by atoms with E-state index in [4.69, 9.17) is 9.84 Å². The van der Waals surface area contributed by atoms with E-state index in [0.29, 0.717) is 4.90 Å². The second-order valence-corrected chi connectivity index (χ2v) is 3.76. The molecule has 0 radical (unpaired) electrons. The Kier molecular flexibility index (Phi) is 7.54. The van der Waals surface area contributed by atoms with Gasteiger partial charge in [-0.1, -0.05) is 6.07 Å². The summed E-state index contributed by atoms with van der Waals surface area (Å²) in [6.45, 7) is 1.90. The number of hydrogen-bond acceptors (Lipinski definition) is 4. The van der Waals surface area contributed by atoms with Gasteiger partial charge in [-0.3, -0.25) is 0 Å². The third-order valence-electron chi connectivity index (χ3n) is 1.96. The van der Waals surface area contributed by atoms with Crippen molar-refractivity contribution in [1.82, 2.24) is 0 Å². The average Bonchev–Trinajstić information content (AvgIpc) is 2.28. The van der Waals surface area contributed by atoms with Crippen molar-refractivity contribution in [2.45, 2.75) is 11.8 Å². The Morgan fingerprint density at radius 2 is 2.06 bits per heavy atom. The first kappa shape index (κ1) is 16.5. The molecule has 0 aromatic heterocycles. The minimum atomic E-state index is -1.13. The number of carboxylic acid groups (broad SMARTS) is 1. The molecular formula is C11H13NaO4S. The second kappa shape index (κ2) is 7.76. The normalized spacial score (nSPS) is 9.29. The first-order valence-electron chi connectivity index (χ1n) is 4.69. The van der Waals surface area contributed by atoms with Gasteiger partial charge in [-0.25, -0.2) is 9.59 Å². The molecule has 0 bridgehead atoms. The number of carbonyl (C=O) groups is 2. The van der Waals surface area contributed by atoms with E-state index in [9.17, 15) is 9.59 Å². The third kappa shape index (κ3) is 4.03. The van der Waals surface area contributed by atoms with Crippen LogP contribution in [0.1, 0.15) is 27.6 Å². The van der Waals surface area contributed by atoms with Crippen molar-refractivity contribution in [1.29, 1.82) is 0 Å². The molecule has 0 amide bonds. The van der Waals surface area contributed by atoms with Crippen LogP contribution < -0.4 is 0 Å². The van der Waals surface area contributed by atoms with Crippen molar-refractivity contribution in [3.8, 4) is 0 Å². The molecule has 1 aromatic carbocycles. The average molecular weight is 264 g/mol. The molecule has 0 aliphatic rings. The van der Waals surface area contributed by atoms with Gasteiger partial charge in [0.05, 0.1) is 17.7 Å². The Morgan fingerprint density at radius 3 is 2.53 bits per heavy atom. The number of carbonyl (C=O) groups excluding carboxylic acids is 1. The van der Waals surface area contributed by atoms with Crippen LogP contribution >= 0.6 is 11.8 Å². The Morgan fingerprint density at radius 1 is 1.41 bits per heavy atom. The van der Waals surface area contributed by atoms with Crippen LogP contribution in [0.5, 0.6) is 0 Å². The van der Waals surface area contributed by atoms with Crippen molar-refractivity contribution in [3.05, 3.63) is 29.3 Å². The molecule has 6 heteroatoms. The molecule has 0 aliphatic heterocycles. The number of ether oxygens (including phenoxy) is 1. The number of hydrogen-bond donors (Lipinski definition) is 1. The molecule has 1 aromatic rings. The molecule has 4 nitrogen and oxygen atoms in total. The van der Waals surface area contributed by atoms with Crippen LogP contribution in [0.3, 0.4) is 0 Å². The number of esters is 1. The molecular weight excluding hydrogens is 251 g/mol. The summed E-state index contributed by atoms with van der Waals surface area (Å²) >= 11 is 1.32. The summed E-state index contributed by atoms with van der Waals surface area (Å²) in [6, 6.07) is 4.70. The number of thioether (sulfide) groups is 1. The summed E-state index contributed by atoms with van der Waals surface area (Å²) < 4.78 is 4.85. The van der Waals surface area contributed by atoms with Crippen LogP contribution in [0.2, 0.25) is 0 Å². The molecule has 0 fully saturated rings. The fourth-order valence-electron chi connectivity index (χ4n) is 1.29. The van der Waals surface area contributed by atoms with Crippen LogP contribution in [0.4, 0.5) is 0 Å². The fourth-order valence-corrected chi connectivity index (χ4v) is 1.91. The van der Waals surface area contributed by atoms with Gasteiger partial charge < -0.3 is 9.84 Å². The summed E-state index contributed by atoms with van der Waals surface area (Å²) in [5, 5.41) is 8.99. The van der Waals surface area contributed by atoms with Gasteiger partial charge in [-0.2, -0.15) is 0 Å². The van der Waals surface area contributed by atoms with E-state index < -0.39 is 11.9 Å². The van der Waals surface area contributed by atoms with Gasteiger partial charge in [0.15, 0.2) is 0 Å². The summed E-state index contributed by atoms with van der Waals surface area (Å²) in [5.74, 6) is -1.72. The van der Waals surface area contributed by atoms with Gasteiger partial charge in [-0.05, 0) is 25.3 Å². The number of rotatable bonds is 4. The van der Waals surface area contributed by atoms with E-state index in [2.05, 4.69) is 0 Å². The quantitative estimate of drug-likeness (QED) is 0.509. The molecule has 88 valence electrons. The summed E-state index contributed by atoms with van der Waals surface area (Å²) in [4.78, 5) is 23.2. The summed E-state index contributed by atoms with van der Waals surface area (Å²) in [5.41, 5.74) is 0.106. The van der Waals surface area contributed by atoms with E-state index in [-0.39, 0.29) is 47.3 Å². The minimum absolute atomic E-state index is 0. The van der Waals surface area contributed by atoms with Gasteiger partial charge >= 0.3 is 41.5 Å². The zero-order chi connectivity index (χ0) is 12.1. The van der Waals surface area contributed by atoms with Crippen molar-refractivity contribution in [3.63, 3.8) is 0 Å². The SMILES string of the molecule is CCOC(=O)c1c(SC)cccc1C(=O)O.[NaH]. The molecule has 0 saturated carbocycles. The zero-order valence-electron chi connectivity index (χ0n) is 9.02. The number of carboxylic acids is 1. The third-order valence-corrected chi connectivity index (χ3v) is 2.74. The van der Waals surface area contributed by atoms with Crippen molar-refractivity contribution >= 4 is 53.3 Å². The maximum absolute atomic E-state index is 11.7. The van der Waals surface area contributed by atoms with Crippen molar-refractivity contribution in [2.24, 2.45) is 0 Å². The van der Waals surface area contributed by atoms with Crippen LogP contribution in [0.15, 0.2) is 23.1 Å². The Bertz CT molecular complexity index is 420. The van der Waals surface area contributed by atoms with E-state index in [1.54, 1.807) is 25.3 Å². The van der Waals surface area contributed by atoms with Gasteiger partial charge in [-0.15, -0.1) is 11.8 Å². The van der Waals surface area contributed by atoms with Gasteiger partial charge in [0.2, 0.25) is 0 Å². The van der Waals surface area contributed by atoms with Crippen LogP contribution in [0.25, 0.3) is 0 Å². The Labute approximate surface area is 126 Å². The molecule has 17 heavy (non-hydrogen) atoms. The van der Waals surface area contributed by atoms with Gasteiger partial charge in [0, 0.05) is 4.90 Å². The van der Waals surface area contributed by atoms with Crippen molar-refractivity contribution in [2.75, 3.05) is 12.9 Å². The molecule has 0 spiro atoms. The molecule has 1 rings (SSSR count). The molecule has 0 atom stereocenters. The Balaban J connectivity index is 0.00000256. The van der Waals surface area contributed by atoms with Gasteiger partial charge in [0.25, 0.3) is 0 Å². The number of benzene rings is 1. The first-order chi connectivity index (χ1) is 7.61. The van der Waals surface area contributed by atoms with E-state index in [0.717, 1.165) is 0 Å². The topological polar surface area (TPSA) is 63.6 Å². The molecule has 0 aliphatic carbocycles. The second-order valence-electron chi connectivity index (χ2n) is 2.91. The molecule has 0 unspecified atom stereocenters. The predicted molar refractivity (Wildman–Crippen MR) is 68.3 cm³/mol. The molecule has 1 N–H and O–H groups in total. The van der Waals surface area contributed by atoms with Gasteiger partial charge in [0.1, 0.15) is 0 Å². The molecule has 0 saturated heterocycles. The van der Waals surface area contributed by atoms with Crippen LogP contribution in [-0.4, -0.2) is 59.5 Å². The van der Waals surface area contributed by atoms with E-state index >= 15 is 0 Å². The number of aromatic carboxylic acids is 1. The van der Waals surface area contributed by atoms with Crippen molar-refractivity contribution < 1.29 is 19.4 Å². The van der Waals surface area contributed by atoms with Crippen LogP contribution in [0, 0.1) is 0 Å². The predicted octanol–water partition coefficient (Wildman–Crippen LogP) is 1.63. The monoisotopic (exact) mass is 264 g/mol. The first-order valence-corrected chi connectivity index (χ1v) is 5.91. The standard InChI is InChI=1S/C11H12O4S.Na.H/c1-3-15-11(14)9-7(10(12)13)5-4-6-8(9)16-2;;/h4-6H,3H2,1-2H3,(H,12,13);;. The van der Waals surface area contributed by atoms with E-state index in [1.807, 2.05) is 0 Å². The maximum atomic E-state index is 11.7. The fraction of sp³-hybridized carbons (Fsp3) is 0.273. The van der Waals surface area contributed by atoms with Crippen LogP contribution in [-0.2, 0) is 4.74 Å². The summed E-state index contributed by atoms with van der Waals surface area (Å²) in [6.07, 6.45) is 1.78. The Hall–Kier alpha value is -0.490. The van der Waals surface area contributed by atoms with E-state index in [1.165, 1.54) is 17.8 Å². The zero-order valence-corrected chi connectivity index (χ0v) is 9.84. The molecule has 0 heterocycles.